The van der Waals surface area contributed by atoms with Crippen molar-refractivity contribution < 1.29 is 18.3 Å². The lowest BCUT2D eigenvalue weighted by Gasteiger charge is -2.22. The van der Waals surface area contributed by atoms with Crippen LogP contribution in [0.5, 0.6) is 0 Å². The summed E-state index contributed by atoms with van der Waals surface area (Å²) in [6, 6.07) is 0. The number of hydrogen-bond acceptors (Lipinski definition) is 4. The van der Waals surface area contributed by atoms with Crippen LogP contribution in [0.1, 0.15) is 20.3 Å². The van der Waals surface area contributed by atoms with Crippen LogP contribution in [-0.2, 0) is 14.8 Å². The van der Waals surface area contributed by atoms with Crippen molar-refractivity contribution >= 4 is 10.0 Å². The van der Waals surface area contributed by atoms with Gasteiger partial charge in [-0.25, -0.2) is 13.1 Å². The Bertz CT molecular complexity index is 248. The molecule has 86 valence electrons. The molecule has 0 unspecified atom stereocenters. The van der Waals surface area contributed by atoms with E-state index in [9.17, 15) is 13.5 Å². The molecule has 0 rings (SSSR count). The molecule has 0 saturated heterocycles. The lowest BCUT2D eigenvalue weighted by atomic mass is 10.1. The summed E-state index contributed by atoms with van der Waals surface area (Å²) in [5.74, 6) is 0.0794. The molecule has 0 aliphatic heterocycles. The third-order valence-corrected chi connectivity index (χ3v) is 3.13. The molecule has 0 aromatic heterocycles. The first-order chi connectivity index (χ1) is 6.33. The van der Waals surface area contributed by atoms with E-state index in [0.29, 0.717) is 6.42 Å². The minimum Gasteiger partial charge on any atom is -0.386 e. The first-order valence-electron chi connectivity index (χ1n) is 4.51. The Balaban J connectivity index is 4.04. The zero-order valence-electron chi connectivity index (χ0n) is 8.91. The number of hydrogen-bond donors (Lipinski definition) is 2. The summed E-state index contributed by atoms with van der Waals surface area (Å²) in [4.78, 5) is 0. The number of sulfonamides is 1. The molecule has 0 heterocycles. The van der Waals surface area contributed by atoms with E-state index in [1.807, 2.05) is 0 Å². The van der Waals surface area contributed by atoms with Crippen LogP contribution in [0.3, 0.4) is 0 Å². The molecular formula is C8H19NO4S. The van der Waals surface area contributed by atoms with E-state index >= 15 is 0 Å². The van der Waals surface area contributed by atoms with Gasteiger partial charge in [0.25, 0.3) is 0 Å². The minimum absolute atomic E-state index is 0.0246. The molecule has 0 radical (unpaired) electrons. The molecular weight excluding hydrogens is 206 g/mol. The van der Waals surface area contributed by atoms with E-state index in [4.69, 9.17) is 4.74 Å². The lowest BCUT2D eigenvalue weighted by Crippen LogP contribution is -2.44. The number of aliphatic hydroxyl groups is 1. The Morgan fingerprint density at radius 3 is 2.50 bits per heavy atom. The fourth-order valence-electron chi connectivity index (χ4n) is 0.968. The van der Waals surface area contributed by atoms with Gasteiger partial charge in [0.15, 0.2) is 0 Å². The maximum absolute atomic E-state index is 11.2. The highest BCUT2D eigenvalue weighted by Crippen LogP contribution is 2.02. The van der Waals surface area contributed by atoms with Crippen molar-refractivity contribution in [2.45, 2.75) is 25.9 Å². The highest BCUT2D eigenvalue weighted by Gasteiger charge is 2.22. The molecule has 14 heavy (non-hydrogen) atoms. The molecule has 6 heteroatoms. The maximum atomic E-state index is 11.2. The number of ether oxygens (including phenoxy) is 1. The Hall–Kier alpha value is -0.170. The van der Waals surface area contributed by atoms with Crippen LogP contribution in [0.15, 0.2) is 0 Å². The van der Waals surface area contributed by atoms with Gasteiger partial charge >= 0.3 is 0 Å². The average molecular weight is 225 g/mol. The molecule has 1 atom stereocenters. The fraction of sp³-hybridized carbons (Fsp3) is 1.00. The predicted octanol–water partition coefficient (Wildman–Crippen LogP) is -0.287. The number of nitrogens with one attached hydrogen (secondary N) is 1. The summed E-state index contributed by atoms with van der Waals surface area (Å²) in [5, 5.41) is 9.59. The van der Waals surface area contributed by atoms with Gasteiger partial charge in [0.2, 0.25) is 10.0 Å². The quantitative estimate of drug-likeness (QED) is 0.624. The van der Waals surface area contributed by atoms with E-state index in [1.54, 1.807) is 6.92 Å². The molecule has 0 spiro atoms. The van der Waals surface area contributed by atoms with Crippen LogP contribution in [0.25, 0.3) is 0 Å². The Kier molecular flexibility index (Phi) is 5.58. The molecule has 2 N–H and O–H groups in total. The largest absolute Gasteiger partial charge is 0.386 e. The Morgan fingerprint density at radius 1 is 1.50 bits per heavy atom. The summed E-state index contributed by atoms with van der Waals surface area (Å²) in [7, 11) is -1.80. The van der Waals surface area contributed by atoms with Crippen LogP contribution in [0, 0.1) is 0 Å². The third-order valence-electron chi connectivity index (χ3n) is 1.60. The molecule has 0 amide bonds. The summed E-state index contributed by atoms with van der Waals surface area (Å²) in [6.45, 7) is 3.38. The maximum Gasteiger partial charge on any atom is 0.211 e. The molecule has 0 saturated carbocycles. The molecule has 0 bridgehead atoms. The molecule has 0 aromatic carbocycles. The van der Waals surface area contributed by atoms with Crippen molar-refractivity contribution in [2.24, 2.45) is 0 Å². The molecule has 0 aliphatic rings. The van der Waals surface area contributed by atoms with E-state index in [2.05, 4.69) is 4.72 Å². The van der Waals surface area contributed by atoms with Crippen LogP contribution >= 0.6 is 0 Å². The molecule has 0 aromatic rings. The highest BCUT2D eigenvalue weighted by molar-refractivity contribution is 7.89. The van der Waals surface area contributed by atoms with Gasteiger partial charge in [-0.1, -0.05) is 6.92 Å². The topological polar surface area (TPSA) is 75.6 Å². The molecule has 5 nitrogen and oxygen atoms in total. The van der Waals surface area contributed by atoms with E-state index in [0.717, 1.165) is 0 Å². The van der Waals surface area contributed by atoms with Crippen LogP contribution < -0.4 is 4.72 Å². The zero-order valence-corrected chi connectivity index (χ0v) is 9.73. The lowest BCUT2D eigenvalue weighted by molar-refractivity contribution is -0.0119. The van der Waals surface area contributed by atoms with Crippen molar-refractivity contribution in [1.82, 2.24) is 4.72 Å². The van der Waals surface area contributed by atoms with Gasteiger partial charge in [0.05, 0.1) is 18.0 Å². The second-order valence-corrected chi connectivity index (χ2v) is 5.50. The summed E-state index contributed by atoms with van der Waals surface area (Å²) >= 11 is 0. The summed E-state index contributed by atoms with van der Waals surface area (Å²) in [6.07, 6.45) is 0.557. The van der Waals surface area contributed by atoms with Gasteiger partial charge in [-0.15, -0.1) is 0 Å². The zero-order chi connectivity index (χ0) is 11.2. The molecule has 0 fully saturated rings. The van der Waals surface area contributed by atoms with Crippen molar-refractivity contribution in [2.75, 3.05) is 26.0 Å². The van der Waals surface area contributed by atoms with Gasteiger partial charge < -0.3 is 9.84 Å². The smallest absolute Gasteiger partial charge is 0.211 e. The van der Waals surface area contributed by atoms with E-state index in [-0.39, 0.29) is 18.9 Å². The summed E-state index contributed by atoms with van der Waals surface area (Å²) in [5.41, 5.74) is -1.16. The predicted molar refractivity (Wildman–Crippen MR) is 54.6 cm³/mol. The highest BCUT2D eigenvalue weighted by atomic mass is 32.2. The van der Waals surface area contributed by atoms with Gasteiger partial charge in [0, 0.05) is 13.7 Å². The van der Waals surface area contributed by atoms with Crippen molar-refractivity contribution in [3.63, 3.8) is 0 Å². The molecule has 0 aliphatic carbocycles. The first-order valence-corrected chi connectivity index (χ1v) is 6.17. The monoisotopic (exact) mass is 225 g/mol. The average Bonchev–Trinajstić information content (AvgIpc) is 2.01. The van der Waals surface area contributed by atoms with E-state index in [1.165, 1.54) is 14.0 Å². The SMILES string of the molecule is CCCS(=O)(=O)NC[C@](C)(O)COC. The number of rotatable bonds is 7. The normalized spacial score (nSPS) is 16.6. The summed E-state index contributed by atoms with van der Waals surface area (Å²) < 4.78 is 29.5. The van der Waals surface area contributed by atoms with Crippen LogP contribution in [-0.4, -0.2) is 45.1 Å². The van der Waals surface area contributed by atoms with Crippen molar-refractivity contribution in [1.29, 1.82) is 0 Å². The van der Waals surface area contributed by atoms with E-state index < -0.39 is 15.6 Å². The van der Waals surface area contributed by atoms with Crippen LogP contribution in [0.2, 0.25) is 0 Å². The third kappa shape index (κ3) is 6.31. The van der Waals surface area contributed by atoms with Gasteiger partial charge in [-0.05, 0) is 13.3 Å². The first kappa shape index (κ1) is 13.8. The van der Waals surface area contributed by atoms with Crippen molar-refractivity contribution in [3.05, 3.63) is 0 Å². The van der Waals surface area contributed by atoms with Gasteiger partial charge in [-0.3, -0.25) is 0 Å². The second-order valence-electron chi connectivity index (χ2n) is 3.57. The minimum atomic E-state index is -3.25. The standard InChI is InChI=1S/C8H19NO4S/c1-4-5-14(11,12)9-6-8(2,10)7-13-3/h9-10H,4-7H2,1-3H3/t8-/m0/s1. The second kappa shape index (κ2) is 5.65. The van der Waals surface area contributed by atoms with Crippen LogP contribution in [0.4, 0.5) is 0 Å². The van der Waals surface area contributed by atoms with Gasteiger partial charge in [0.1, 0.15) is 0 Å². The van der Waals surface area contributed by atoms with Crippen molar-refractivity contribution in [3.8, 4) is 0 Å². The fourth-order valence-corrected chi connectivity index (χ4v) is 2.18. The van der Waals surface area contributed by atoms with Gasteiger partial charge in [-0.2, -0.15) is 0 Å². The number of methoxy groups -OCH3 is 1. The Morgan fingerprint density at radius 2 is 2.07 bits per heavy atom. The Labute approximate surface area is 85.5 Å².